The van der Waals surface area contributed by atoms with Gasteiger partial charge in [-0.15, -0.1) is 0 Å². The van der Waals surface area contributed by atoms with Crippen LogP contribution >= 0.6 is 0 Å². The van der Waals surface area contributed by atoms with Crippen molar-refractivity contribution in [3.8, 4) is 78.2 Å². The van der Waals surface area contributed by atoms with Crippen LogP contribution in [0.3, 0.4) is 0 Å². The minimum Gasteiger partial charge on any atom is -0.436 e. The normalized spacial score (nSPS) is 11.1. The molecule has 0 fully saturated rings. The van der Waals surface area contributed by atoms with E-state index in [1.807, 2.05) is 0 Å². The van der Waals surface area contributed by atoms with Crippen LogP contribution in [0.25, 0.3) is 89.3 Å². The molecule has 0 saturated heterocycles. The summed E-state index contributed by atoms with van der Waals surface area (Å²) >= 11 is 0. The molecule has 0 saturated carbocycles. The second kappa shape index (κ2) is 13.3. The van der Waals surface area contributed by atoms with Crippen LogP contribution < -0.4 is 0 Å². The fourth-order valence-electron chi connectivity index (χ4n) is 6.95. The first-order valence-electron chi connectivity index (χ1n) is 17.3. The first kappa shape index (κ1) is 30.3. The van der Waals surface area contributed by atoms with Gasteiger partial charge in [0.25, 0.3) is 0 Å². The summed E-state index contributed by atoms with van der Waals surface area (Å²) in [5, 5.41) is 0. The Morgan fingerprint density at radius 2 is 0.725 bits per heavy atom. The molecule has 1 heterocycles. The summed E-state index contributed by atoms with van der Waals surface area (Å²) < 4.78 is 6.73. The predicted octanol–water partition coefficient (Wildman–Crippen LogP) is 13.5. The Hall–Kier alpha value is -6.77. The number of nitrogens with zero attached hydrogens (tertiary/aromatic N) is 1. The number of rotatable bonds is 7. The maximum atomic E-state index is 6.73. The molecule has 240 valence electrons. The third kappa shape index (κ3) is 6.05. The van der Waals surface area contributed by atoms with E-state index in [2.05, 4.69) is 200 Å². The Kier molecular flexibility index (Phi) is 7.88. The van der Waals surface area contributed by atoms with E-state index in [4.69, 9.17) is 9.40 Å². The average molecular weight is 652 g/mol. The fraction of sp³-hybridized carbons (Fsp3) is 0. The number of hydrogen-bond donors (Lipinski definition) is 0. The van der Waals surface area contributed by atoms with Gasteiger partial charge in [-0.05, 0) is 97.6 Å². The van der Waals surface area contributed by atoms with Crippen LogP contribution in [0, 0.1) is 0 Å². The van der Waals surface area contributed by atoms with Crippen molar-refractivity contribution in [1.82, 2.24) is 4.98 Å². The molecule has 0 radical (unpaired) electrons. The highest BCUT2D eigenvalue weighted by molar-refractivity contribution is 5.97. The molecule has 0 aliphatic rings. The molecule has 0 aliphatic heterocycles. The smallest absolute Gasteiger partial charge is 0.227 e. The first-order valence-corrected chi connectivity index (χ1v) is 17.3. The van der Waals surface area contributed by atoms with E-state index in [0.717, 1.165) is 55.6 Å². The summed E-state index contributed by atoms with van der Waals surface area (Å²) in [5.41, 5.74) is 16.2. The summed E-state index contributed by atoms with van der Waals surface area (Å²) in [6.45, 7) is 0. The van der Waals surface area contributed by atoms with Crippen LogP contribution in [-0.2, 0) is 0 Å². The third-order valence-electron chi connectivity index (χ3n) is 9.51. The highest BCUT2D eigenvalue weighted by atomic mass is 16.3. The lowest BCUT2D eigenvalue weighted by atomic mass is 9.93. The lowest BCUT2D eigenvalue weighted by molar-refractivity contribution is 0.620. The first-order chi connectivity index (χ1) is 25.3. The molecule has 0 N–H and O–H groups in total. The van der Waals surface area contributed by atoms with Gasteiger partial charge in [0.15, 0.2) is 5.58 Å². The molecule has 0 amide bonds. The van der Waals surface area contributed by atoms with Gasteiger partial charge in [0, 0.05) is 11.1 Å². The van der Waals surface area contributed by atoms with E-state index in [-0.39, 0.29) is 0 Å². The van der Waals surface area contributed by atoms with Gasteiger partial charge < -0.3 is 4.42 Å². The van der Waals surface area contributed by atoms with E-state index >= 15 is 0 Å². The molecular weight excluding hydrogens is 619 g/mol. The van der Waals surface area contributed by atoms with Crippen LogP contribution in [0.5, 0.6) is 0 Å². The number of hydrogen-bond acceptors (Lipinski definition) is 2. The monoisotopic (exact) mass is 651 g/mol. The van der Waals surface area contributed by atoms with Gasteiger partial charge in [0.05, 0.1) is 0 Å². The van der Waals surface area contributed by atoms with Gasteiger partial charge in [0.2, 0.25) is 5.89 Å². The molecule has 51 heavy (non-hydrogen) atoms. The van der Waals surface area contributed by atoms with Crippen molar-refractivity contribution in [2.75, 3.05) is 0 Å². The van der Waals surface area contributed by atoms with Gasteiger partial charge in [-0.1, -0.05) is 164 Å². The van der Waals surface area contributed by atoms with Gasteiger partial charge >= 0.3 is 0 Å². The minimum atomic E-state index is 0.595. The molecular formula is C49H33NO. The highest BCUT2D eigenvalue weighted by Gasteiger charge is 2.18. The van der Waals surface area contributed by atoms with Gasteiger partial charge in [-0.3, -0.25) is 0 Å². The largest absolute Gasteiger partial charge is 0.436 e. The maximum Gasteiger partial charge on any atom is 0.227 e. The van der Waals surface area contributed by atoms with E-state index in [1.165, 1.54) is 27.8 Å². The zero-order valence-electron chi connectivity index (χ0n) is 27.9. The molecule has 0 spiro atoms. The maximum absolute atomic E-state index is 6.73. The summed E-state index contributed by atoms with van der Waals surface area (Å²) in [6.07, 6.45) is 0. The molecule has 0 bridgehead atoms. The quantitative estimate of drug-likeness (QED) is 0.171. The summed E-state index contributed by atoms with van der Waals surface area (Å²) in [7, 11) is 0. The molecule has 0 atom stereocenters. The lowest BCUT2D eigenvalue weighted by Gasteiger charge is -2.12. The topological polar surface area (TPSA) is 26.0 Å². The summed E-state index contributed by atoms with van der Waals surface area (Å²) in [6, 6.07) is 70.5. The van der Waals surface area contributed by atoms with Gasteiger partial charge in [0.1, 0.15) is 5.52 Å². The fourth-order valence-corrected chi connectivity index (χ4v) is 6.95. The van der Waals surface area contributed by atoms with Crippen molar-refractivity contribution in [1.29, 1.82) is 0 Å². The zero-order chi connectivity index (χ0) is 34.0. The lowest BCUT2D eigenvalue weighted by Crippen LogP contribution is -1.88. The van der Waals surface area contributed by atoms with Crippen molar-refractivity contribution >= 4 is 11.1 Å². The molecule has 1 aromatic heterocycles. The Morgan fingerprint density at radius 3 is 1.31 bits per heavy atom. The number of fused-ring (bicyclic) bond motifs is 1. The molecule has 2 nitrogen and oxygen atoms in total. The van der Waals surface area contributed by atoms with Crippen LogP contribution in [0.1, 0.15) is 0 Å². The van der Waals surface area contributed by atoms with Gasteiger partial charge in [-0.2, -0.15) is 0 Å². The van der Waals surface area contributed by atoms with Crippen molar-refractivity contribution < 1.29 is 4.42 Å². The number of benzene rings is 8. The molecule has 9 aromatic rings. The molecule has 0 aliphatic carbocycles. The van der Waals surface area contributed by atoms with E-state index < -0.39 is 0 Å². The number of aromatic nitrogens is 1. The van der Waals surface area contributed by atoms with Crippen molar-refractivity contribution in [2.45, 2.75) is 0 Å². The van der Waals surface area contributed by atoms with Crippen molar-refractivity contribution in [3.63, 3.8) is 0 Å². The van der Waals surface area contributed by atoms with E-state index in [9.17, 15) is 0 Å². The van der Waals surface area contributed by atoms with Crippen molar-refractivity contribution in [2.24, 2.45) is 0 Å². The molecule has 2 heteroatoms. The molecule has 9 rings (SSSR count). The summed E-state index contributed by atoms with van der Waals surface area (Å²) in [4.78, 5) is 5.23. The van der Waals surface area contributed by atoms with Gasteiger partial charge in [-0.25, -0.2) is 4.98 Å². The van der Waals surface area contributed by atoms with E-state index in [0.29, 0.717) is 5.89 Å². The standard InChI is InChI=1S/C49H33NO/c1-5-15-34(16-6-1)38-23-13-25-40(29-38)43-32-46(41-26-14-24-39(30-41)35-17-7-2-8-18-35)48-47(33-43)51-49(50-48)42-27-28-44(36-19-9-3-10-20-36)45(31-42)37-21-11-4-12-22-37/h1-33H. The Labute approximate surface area is 298 Å². The minimum absolute atomic E-state index is 0.595. The molecule has 0 unspecified atom stereocenters. The Morgan fingerprint density at radius 1 is 0.275 bits per heavy atom. The second-order valence-corrected chi connectivity index (χ2v) is 12.8. The zero-order valence-corrected chi connectivity index (χ0v) is 27.9. The second-order valence-electron chi connectivity index (χ2n) is 12.8. The predicted molar refractivity (Wildman–Crippen MR) is 212 cm³/mol. The Bertz CT molecular complexity index is 2610. The van der Waals surface area contributed by atoms with Crippen LogP contribution in [0.4, 0.5) is 0 Å². The van der Waals surface area contributed by atoms with Crippen molar-refractivity contribution in [3.05, 3.63) is 200 Å². The van der Waals surface area contributed by atoms with Crippen LogP contribution in [-0.4, -0.2) is 4.98 Å². The number of oxazole rings is 1. The summed E-state index contributed by atoms with van der Waals surface area (Å²) in [5.74, 6) is 0.595. The highest BCUT2D eigenvalue weighted by Crippen LogP contribution is 2.40. The third-order valence-corrected chi connectivity index (χ3v) is 9.51. The van der Waals surface area contributed by atoms with Crippen LogP contribution in [0.15, 0.2) is 205 Å². The molecule has 8 aromatic carbocycles. The van der Waals surface area contributed by atoms with Crippen LogP contribution in [0.2, 0.25) is 0 Å². The Balaban J connectivity index is 1.23. The van der Waals surface area contributed by atoms with E-state index in [1.54, 1.807) is 0 Å². The average Bonchev–Trinajstić information content (AvgIpc) is 3.66. The SMILES string of the molecule is c1ccc(-c2cccc(-c3cc(-c4cccc(-c5ccccc5)c4)c4nc(-c5ccc(-c6ccccc6)c(-c6ccccc6)c5)oc4c3)c2)cc1.